The van der Waals surface area contributed by atoms with Gasteiger partial charge in [-0.25, -0.2) is 0 Å². The highest BCUT2D eigenvalue weighted by atomic mass is 16.5. The van der Waals surface area contributed by atoms with Crippen LogP contribution < -0.4 is 0 Å². The highest BCUT2D eigenvalue weighted by Gasteiger charge is 2.38. The number of cyclic esters (lactones) is 1. The maximum atomic E-state index is 12.1. The third-order valence-electron chi connectivity index (χ3n) is 5.24. The molecular formula is C21H31NO3. The van der Waals surface area contributed by atoms with Gasteiger partial charge >= 0.3 is 5.97 Å². The smallest absolute Gasteiger partial charge is 0.308 e. The first-order valence-electron chi connectivity index (χ1n) is 9.34. The Morgan fingerprint density at radius 2 is 2.40 bits per heavy atom. The Balaban J connectivity index is 2.01. The summed E-state index contributed by atoms with van der Waals surface area (Å²) in [5.74, 6) is 0.694. The Morgan fingerprint density at radius 3 is 3.12 bits per heavy atom. The van der Waals surface area contributed by atoms with E-state index >= 15 is 0 Å². The van der Waals surface area contributed by atoms with Crippen molar-refractivity contribution in [3.63, 3.8) is 0 Å². The number of esters is 1. The summed E-state index contributed by atoms with van der Waals surface area (Å²) in [6.07, 6.45) is 10.8. The minimum atomic E-state index is -0.472. The van der Waals surface area contributed by atoms with Gasteiger partial charge in [-0.1, -0.05) is 19.1 Å². The number of ether oxygens (including phenoxy) is 2. The van der Waals surface area contributed by atoms with Gasteiger partial charge in [0.25, 0.3) is 0 Å². The predicted octanol–water partition coefficient (Wildman–Crippen LogP) is 4.35. The topological polar surface area (TPSA) is 48.4 Å². The molecule has 2 rings (SSSR count). The molecule has 2 unspecified atom stereocenters. The number of carbonyl (C=O) groups is 1. The average Bonchev–Trinajstić information content (AvgIpc) is 2.60. The van der Waals surface area contributed by atoms with Crippen molar-refractivity contribution in [2.45, 2.75) is 58.0 Å². The van der Waals surface area contributed by atoms with Gasteiger partial charge in [0, 0.05) is 12.4 Å². The summed E-state index contributed by atoms with van der Waals surface area (Å²) in [5.41, 5.74) is 0.678. The normalized spacial score (nSPS) is 25.5. The van der Waals surface area contributed by atoms with Crippen LogP contribution in [0.3, 0.4) is 0 Å². The zero-order chi connectivity index (χ0) is 18.1. The number of allylic oxidation sites excluding steroid dienone is 1. The van der Waals surface area contributed by atoms with Crippen molar-refractivity contribution in [2.24, 2.45) is 11.8 Å². The van der Waals surface area contributed by atoms with Gasteiger partial charge < -0.3 is 9.47 Å². The number of hydrogen-bond donors (Lipinski definition) is 0. The molecule has 4 heteroatoms. The van der Waals surface area contributed by atoms with Gasteiger partial charge in [-0.3, -0.25) is 9.78 Å². The summed E-state index contributed by atoms with van der Waals surface area (Å²) in [4.78, 5) is 16.2. The second-order valence-corrected chi connectivity index (χ2v) is 7.30. The lowest BCUT2D eigenvalue weighted by molar-refractivity contribution is -0.160. The van der Waals surface area contributed by atoms with E-state index < -0.39 is 5.60 Å². The molecule has 0 amide bonds. The molecular weight excluding hydrogens is 314 g/mol. The molecule has 1 aromatic heterocycles. The Hall–Kier alpha value is -1.68. The van der Waals surface area contributed by atoms with Crippen LogP contribution in [0.1, 0.15) is 51.5 Å². The fourth-order valence-corrected chi connectivity index (χ4v) is 3.45. The SMILES string of the molecule is C=CC(C)CCC1CCCOC(=O)C[C@@]1(C)OCCc1cccnc1. The molecule has 1 aromatic rings. The fourth-order valence-electron chi connectivity index (χ4n) is 3.45. The molecule has 0 radical (unpaired) electrons. The lowest BCUT2D eigenvalue weighted by atomic mass is 9.78. The number of aromatic nitrogens is 1. The molecule has 138 valence electrons. The van der Waals surface area contributed by atoms with Gasteiger partial charge in [0.15, 0.2) is 0 Å². The minimum Gasteiger partial charge on any atom is -0.466 e. The molecule has 0 aliphatic carbocycles. The van der Waals surface area contributed by atoms with Crippen LogP contribution in [0, 0.1) is 11.8 Å². The predicted molar refractivity (Wildman–Crippen MR) is 99.2 cm³/mol. The maximum absolute atomic E-state index is 12.1. The molecule has 2 heterocycles. The Labute approximate surface area is 151 Å². The molecule has 25 heavy (non-hydrogen) atoms. The second-order valence-electron chi connectivity index (χ2n) is 7.30. The first-order chi connectivity index (χ1) is 12.0. The number of carbonyl (C=O) groups excluding carboxylic acids is 1. The third-order valence-corrected chi connectivity index (χ3v) is 5.24. The van der Waals surface area contributed by atoms with Crippen LogP contribution >= 0.6 is 0 Å². The van der Waals surface area contributed by atoms with Crippen LogP contribution in [0.4, 0.5) is 0 Å². The lowest BCUT2D eigenvalue weighted by Crippen LogP contribution is -2.42. The van der Waals surface area contributed by atoms with E-state index in [2.05, 4.69) is 25.4 Å². The monoisotopic (exact) mass is 345 g/mol. The van der Waals surface area contributed by atoms with E-state index in [4.69, 9.17) is 9.47 Å². The van der Waals surface area contributed by atoms with Gasteiger partial charge in [-0.2, -0.15) is 0 Å². The quantitative estimate of drug-likeness (QED) is 0.519. The van der Waals surface area contributed by atoms with Gasteiger partial charge in [-0.15, -0.1) is 6.58 Å². The lowest BCUT2D eigenvalue weighted by Gasteiger charge is -2.39. The molecule has 0 N–H and O–H groups in total. The molecule has 4 nitrogen and oxygen atoms in total. The summed E-state index contributed by atoms with van der Waals surface area (Å²) in [6.45, 7) is 9.25. The second kappa shape index (κ2) is 9.71. The highest BCUT2D eigenvalue weighted by molar-refractivity contribution is 5.70. The molecule has 0 aromatic carbocycles. The van der Waals surface area contributed by atoms with Crippen molar-refractivity contribution < 1.29 is 14.3 Å². The number of pyridine rings is 1. The van der Waals surface area contributed by atoms with E-state index in [0.29, 0.717) is 31.5 Å². The zero-order valence-electron chi connectivity index (χ0n) is 15.6. The summed E-state index contributed by atoms with van der Waals surface area (Å²) < 4.78 is 11.6. The number of hydrogen-bond acceptors (Lipinski definition) is 4. The van der Waals surface area contributed by atoms with Crippen molar-refractivity contribution in [1.82, 2.24) is 4.98 Å². The molecule has 0 spiro atoms. The molecule has 0 bridgehead atoms. The number of nitrogens with zero attached hydrogens (tertiary/aromatic N) is 1. The van der Waals surface area contributed by atoms with E-state index in [1.165, 1.54) is 0 Å². The van der Waals surface area contributed by atoms with Crippen molar-refractivity contribution in [2.75, 3.05) is 13.2 Å². The Kier molecular flexibility index (Phi) is 7.63. The van der Waals surface area contributed by atoms with Crippen LogP contribution in [-0.2, 0) is 20.7 Å². The van der Waals surface area contributed by atoms with E-state index in [1.807, 2.05) is 24.4 Å². The summed E-state index contributed by atoms with van der Waals surface area (Å²) >= 11 is 0. The maximum Gasteiger partial charge on any atom is 0.308 e. The fraction of sp³-hybridized carbons (Fsp3) is 0.619. The van der Waals surface area contributed by atoms with Crippen LogP contribution in [0.25, 0.3) is 0 Å². The third kappa shape index (κ3) is 6.28. The molecule has 1 aliphatic heterocycles. The zero-order valence-corrected chi connectivity index (χ0v) is 15.6. The van der Waals surface area contributed by atoms with Gasteiger partial charge in [-0.05, 0) is 62.5 Å². The molecule has 1 saturated heterocycles. The van der Waals surface area contributed by atoms with Crippen LogP contribution in [0.15, 0.2) is 37.2 Å². The summed E-state index contributed by atoms with van der Waals surface area (Å²) in [6, 6.07) is 3.98. The minimum absolute atomic E-state index is 0.148. The molecule has 1 aliphatic rings. The van der Waals surface area contributed by atoms with Crippen LogP contribution in [0.2, 0.25) is 0 Å². The van der Waals surface area contributed by atoms with Crippen LogP contribution in [0.5, 0.6) is 0 Å². The van der Waals surface area contributed by atoms with Crippen LogP contribution in [-0.4, -0.2) is 29.8 Å². The van der Waals surface area contributed by atoms with Crippen molar-refractivity contribution in [3.05, 3.63) is 42.7 Å². The summed E-state index contributed by atoms with van der Waals surface area (Å²) in [7, 11) is 0. The molecule has 0 saturated carbocycles. The standard InChI is InChI=1S/C21H31NO3/c1-4-17(2)9-10-19-8-6-13-24-20(23)15-21(19,3)25-14-11-18-7-5-12-22-16-18/h4-5,7,12,16-17,19H,1,6,8-11,13-15H2,2-3H3/t17?,19?,21-/m1/s1. The van der Waals surface area contributed by atoms with E-state index in [0.717, 1.165) is 37.7 Å². The first kappa shape index (κ1) is 19.6. The van der Waals surface area contributed by atoms with E-state index in [1.54, 1.807) is 6.20 Å². The van der Waals surface area contributed by atoms with Crippen molar-refractivity contribution in [3.8, 4) is 0 Å². The Morgan fingerprint density at radius 1 is 1.56 bits per heavy atom. The first-order valence-corrected chi connectivity index (χ1v) is 9.34. The van der Waals surface area contributed by atoms with Crippen molar-refractivity contribution in [1.29, 1.82) is 0 Å². The molecule has 1 fully saturated rings. The van der Waals surface area contributed by atoms with Gasteiger partial charge in [0.2, 0.25) is 0 Å². The Bertz CT molecular complexity index is 545. The molecule has 3 atom stereocenters. The van der Waals surface area contributed by atoms with Crippen molar-refractivity contribution >= 4 is 5.97 Å². The van der Waals surface area contributed by atoms with E-state index in [9.17, 15) is 4.79 Å². The van der Waals surface area contributed by atoms with Gasteiger partial charge in [0.05, 0.1) is 25.2 Å². The average molecular weight is 345 g/mol. The largest absolute Gasteiger partial charge is 0.466 e. The number of rotatable bonds is 8. The van der Waals surface area contributed by atoms with E-state index in [-0.39, 0.29) is 5.97 Å². The summed E-state index contributed by atoms with van der Waals surface area (Å²) in [5, 5.41) is 0. The highest BCUT2D eigenvalue weighted by Crippen LogP contribution is 2.36. The van der Waals surface area contributed by atoms with Gasteiger partial charge in [0.1, 0.15) is 0 Å².